The van der Waals surface area contributed by atoms with Crippen LogP contribution in [0.4, 0.5) is 10.1 Å². The number of nitro benzene ring substituents is 1. The summed E-state index contributed by atoms with van der Waals surface area (Å²) in [6.45, 7) is 3.59. The summed E-state index contributed by atoms with van der Waals surface area (Å²) in [5.41, 5.74) is 5.90. The number of nitriles is 1. The minimum Gasteiger partial charge on any atom is -0.366 e. The molecule has 0 saturated heterocycles. The fourth-order valence-electron chi connectivity index (χ4n) is 2.45. The molecule has 7 heteroatoms. The third kappa shape index (κ3) is 3.13. The number of halogens is 1. The molecule has 1 amide bonds. The number of nitrogens with two attached hydrogens (primary N) is 1. The lowest BCUT2D eigenvalue weighted by Crippen LogP contribution is -2.14. The summed E-state index contributed by atoms with van der Waals surface area (Å²) in [6.07, 6.45) is 1.71. The molecule has 2 aromatic carbocycles. The third-order valence-electron chi connectivity index (χ3n) is 3.42. The van der Waals surface area contributed by atoms with Crippen molar-refractivity contribution in [2.24, 2.45) is 5.73 Å². The second-order valence-electron chi connectivity index (χ2n) is 4.94. The topological polar surface area (TPSA) is 110 Å². The van der Waals surface area contributed by atoms with E-state index in [1.807, 2.05) is 6.07 Å². The van der Waals surface area contributed by atoms with Crippen LogP contribution in [0.5, 0.6) is 0 Å². The molecule has 0 aromatic heterocycles. The molecule has 0 aliphatic rings. The Morgan fingerprint density at radius 2 is 2.12 bits per heavy atom. The molecule has 0 spiro atoms. The number of amides is 1. The second-order valence-corrected chi connectivity index (χ2v) is 4.94. The van der Waals surface area contributed by atoms with Gasteiger partial charge in [0.05, 0.1) is 22.1 Å². The van der Waals surface area contributed by atoms with E-state index in [9.17, 15) is 24.6 Å². The molecule has 0 fully saturated rings. The van der Waals surface area contributed by atoms with Crippen LogP contribution < -0.4 is 5.73 Å². The predicted octanol–water partition coefficient (Wildman–Crippen LogP) is 3.10. The molecular weight excluding hydrogens is 313 g/mol. The molecule has 0 atom stereocenters. The molecule has 0 heterocycles. The van der Waals surface area contributed by atoms with Crippen molar-refractivity contribution in [1.29, 1.82) is 5.26 Å². The van der Waals surface area contributed by atoms with Crippen LogP contribution in [-0.4, -0.2) is 10.8 Å². The zero-order chi connectivity index (χ0) is 17.9. The Balaban J connectivity index is 2.91. The summed E-state index contributed by atoms with van der Waals surface area (Å²) < 4.78 is 13.4. The van der Waals surface area contributed by atoms with Crippen LogP contribution in [0.2, 0.25) is 0 Å². The summed E-state index contributed by atoms with van der Waals surface area (Å²) in [6, 6.07) is 7.70. The van der Waals surface area contributed by atoms with Crippen molar-refractivity contribution in [1.82, 2.24) is 0 Å². The Kier molecular flexibility index (Phi) is 4.70. The molecule has 0 aliphatic heterocycles. The van der Waals surface area contributed by atoms with Gasteiger partial charge in [-0.25, -0.2) is 4.39 Å². The van der Waals surface area contributed by atoms with Gasteiger partial charge in [0.1, 0.15) is 5.82 Å². The molecule has 2 rings (SSSR count). The van der Waals surface area contributed by atoms with E-state index < -0.39 is 16.6 Å². The molecule has 6 nitrogen and oxygen atoms in total. The molecule has 0 unspecified atom stereocenters. The van der Waals surface area contributed by atoms with Gasteiger partial charge in [0.2, 0.25) is 5.91 Å². The number of rotatable bonds is 5. The van der Waals surface area contributed by atoms with Crippen molar-refractivity contribution in [2.75, 3.05) is 0 Å². The normalized spacial score (nSPS) is 10.0. The van der Waals surface area contributed by atoms with Gasteiger partial charge in [-0.05, 0) is 29.7 Å². The maximum Gasteiger partial charge on any atom is 0.270 e. The molecule has 2 aromatic rings. The number of allylic oxidation sites excluding steroid dienone is 1. The third-order valence-corrected chi connectivity index (χ3v) is 3.42. The molecule has 120 valence electrons. The number of nitro groups is 1. The monoisotopic (exact) mass is 325 g/mol. The molecular formula is C17H12FN3O3. The Bertz CT molecular complexity index is 901. The van der Waals surface area contributed by atoms with Crippen molar-refractivity contribution in [3.05, 3.63) is 75.6 Å². The minimum absolute atomic E-state index is 0.00309. The highest BCUT2D eigenvalue weighted by atomic mass is 19.1. The Hall–Kier alpha value is -3.53. The number of hydrogen-bond acceptors (Lipinski definition) is 4. The maximum atomic E-state index is 13.4. The number of non-ortho nitro benzene ring substituents is 1. The maximum absolute atomic E-state index is 13.4. The minimum atomic E-state index is -0.882. The molecule has 24 heavy (non-hydrogen) atoms. The first kappa shape index (κ1) is 16.8. The number of hydrogen-bond donors (Lipinski definition) is 1. The number of carbonyl (C=O) groups excluding carboxylic acids is 1. The number of benzene rings is 2. The SMILES string of the molecule is C=CCc1cc([N+](=O)[O-])cc(C(N)=O)c1-c1ccc(F)cc1C#N. The van der Waals surface area contributed by atoms with E-state index >= 15 is 0 Å². The van der Waals surface area contributed by atoms with Gasteiger partial charge in [-0.3, -0.25) is 14.9 Å². The van der Waals surface area contributed by atoms with Crippen LogP contribution in [0.25, 0.3) is 11.1 Å². The van der Waals surface area contributed by atoms with Gasteiger partial charge in [-0.1, -0.05) is 12.1 Å². The summed E-state index contributed by atoms with van der Waals surface area (Å²) >= 11 is 0. The summed E-state index contributed by atoms with van der Waals surface area (Å²) in [7, 11) is 0. The smallest absolute Gasteiger partial charge is 0.270 e. The summed E-state index contributed by atoms with van der Waals surface area (Å²) in [4.78, 5) is 22.2. The van der Waals surface area contributed by atoms with Crippen LogP contribution in [0.1, 0.15) is 21.5 Å². The summed E-state index contributed by atoms with van der Waals surface area (Å²) in [5, 5.41) is 20.3. The van der Waals surface area contributed by atoms with E-state index in [-0.39, 0.29) is 34.4 Å². The number of primary amides is 1. The lowest BCUT2D eigenvalue weighted by Gasteiger charge is -2.14. The molecule has 2 N–H and O–H groups in total. The van der Waals surface area contributed by atoms with Crippen LogP contribution >= 0.6 is 0 Å². The molecule has 0 radical (unpaired) electrons. The van der Waals surface area contributed by atoms with Gasteiger partial charge >= 0.3 is 0 Å². The lowest BCUT2D eigenvalue weighted by molar-refractivity contribution is -0.384. The highest BCUT2D eigenvalue weighted by Crippen LogP contribution is 2.34. The van der Waals surface area contributed by atoms with E-state index in [0.717, 1.165) is 18.2 Å². The van der Waals surface area contributed by atoms with Crippen molar-refractivity contribution < 1.29 is 14.1 Å². The first-order valence-electron chi connectivity index (χ1n) is 6.81. The molecule has 0 aliphatic carbocycles. The average Bonchev–Trinajstić information content (AvgIpc) is 2.54. The van der Waals surface area contributed by atoms with Crippen molar-refractivity contribution in [3.8, 4) is 17.2 Å². The first-order chi connectivity index (χ1) is 11.4. The van der Waals surface area contributed by atoms with Gasteiger partial charge in [0, 0.05) is 17.7 Å². The quantitative estimate of drug-likeness (QED) is 0.517. The number of nitrogens with zero attached hydrogens (tertiary/aromatic N) is 2. The molecule has 0 bridgehead atoms. The fourth-order valence-corrected chi connectivity index (χ4v) is 2.45. The molecule has 0 saturated carbocycles. The van der Waals surface area contributed by atoms with Crippen molar-refractivity contribution >= 4 is 11.6 Å². The second kappa shape index (κ2) is 6.71. The van der Waals surface area contributed by atoms with Gasteiger partial charge < -0.3 is 5.73 Å². The van der Waals surface area contributed by atoms with E-state index in [4.69, 9.17) is 5.73 Å². The van der Waals surface area contributed by atoms with Crippen molar-refractivity contribution in [2.45, 2.75) is 6.42 Å². The predicted molar refractivity (Wildman–Crippen MR) is 85.6 cm³/mol. The zero-order valence-electron chi connectivity index (χ0n) is 12.5. The van der Waals surface area contributed by atoms with E-state index in [0.29, 0.717) is 5.56 Å². The van der Waals surface area contributed by atoms with Crippen molar-refractivity contribution in [3.63, 3.8) is 0 Å². The van der Waals surface area contributed by atoms with Crippen LogP contribution in [0, 0.1) is 27.3 Å². The van der Waals surface area contributed by atoms with Crippen LogP contribution in [0.15, 0.2) is 43.0 Å². The van der Waals surface area contributed by atoms with Gasteiger partial charge in [-0.2, -0.15) is 5.26 Å². The Morgan fingerprint density at radius 3 is 2.67 bits per heavy atom. The summed E-state index contributed by atoms with van der Waals surface area (Å²) in [5.74, 6) is -1.49. The fraction of sp³-hybridized carbons (Fsp3) is 0.0588. The Morgan fingerprint density at radius 1 is 1.42 bits per heavy atom. The van der Waals surface area contributed by atoms with E-state index in [1.165, 1.54) is 18.2 Å². The number of carbonyl (C=O) groups is 1. The van der Waals surface area contributed by atoms with Gasteiger partial charge in [0.25, 0.3) is 5.69 Å². The van der Waals surface area contributed by atoms with E-state index in [1.54, 1.807) is 0 Å². The highest BCUT2D eigenvalue weighted by Gasteiger charge is 2.22. The average molecular weight is 325 g/mol. The highest BCUT2D eigenvalue weighted by molar-refractivity contribution is 6.02. The first-order valence-corrected chi connectivity index (χ1v) is 6.81. The van der Waals surface area contributed by atoms with Gasteiger partial charge in [0.15, 0.2) is 0 Å². The van der Waals surface area contributed by atoms with Gasteiger partial charge in [-0.15, -0.1) is 6.58 Å². The zero-order valence-corrected chi connectivity index (χ0v) is 12.5. The standard InChI is InChI=1S/C17H12FN3O3/c1-2-3-10-7-13(21(23)24)8-15(17(20)22)16(10)14-5-4-12(18)6-11(14)9-19/h2,4-8H,1,3H2,(H2,20,22). The largest absolute Gasteiger partial charge is 0.366 e. The Labute approximate surface area is 136 Å². The lowest BCUT2D eigenvalue weighted by atomic mass is 9.89. The van der Waals surface area contributed by atoms with E-state index in [2.05, 4.69) is 6.58 Å². The van der Waals surface area contributed by atoms with Crippen LogP contribution in [-0.2, 0) is 6.42 Å². The van der Waals surface area contributed by atoms with Crippen LogP contribution in [0.3, 0.4) is 0 Å².